The van der Waals surface area contributed by atoms with E-state index in [1.807, 2.05) is 13.8 Å². The van der Waals surface area contributed by atoms with Crippen LogP contribution in [0.25, 0.3) is 0 Å². The van der Waals surface area contributed by atoms with E-state index in [1.165, 1.54) is 7.05 Å². The van der Waals surface area contributed by atoms with E-state index in [0.29, 0.717) is 13.0 Å². The van der Waals surface area contributed by atoms with Gasteiger partial charge in [-0.15, -0.1) is 0 Å². The van der Waals surface area contributed by atoms with Crippen LogP contribution in [0.4, 0.5) is 0 Å². The molecule has 0 aliphatic carbocycles. The third-order valence-electron chi connectivity index (χ3n) is 1.86. The Morgan fingerprint density at radius 3 is 2.23 bits per heavy atom. The molecule has 0 amide bonds. The molecule has 0 aromatic carbocycles. The molecule has 0 saturated carbocycles. The molecule has 5 nitrogen and oxygen atoms in total. The van der Waals surface area contributed by atoms with Crippen molar-refractivity contribution in [3.05, 3.63) is 0 Å². The number of nitrogens with two attached hydrogens (primary N) is 1. The van der Waals surface area contributed by atoms with E-state index in [4.69, 9.17) is 5.73 Å². The molecule has 0 aromatic rings. The van der Waals surface area contributed by atoms with Gasteiger partial charge in [0.1, 0.15) is 0 Å². The Hall–Kier alpha value is -0.170. The van der Waals surface area contributed by atoms with Crippen LogP contribution in [0.1, 0.15) is 20.3 Å². The molecule has 0 aliphatic rings. The molecule has 0 aromatic heterocycles. The highest BCUT2D eigenvalue weighted by Crippen LogP contribution is 2.05. The fourth-order valence-electron chi connectivity index (χ4n) is 0.966. The lowest BCUT2D eigenvalue weighted by Crippen LogP contribution is -2.44. The van der Waals surface area contributed by atoms with Gasteiger partial charge < -0.3 is 5.73 Å². The third kappa shape index (κ3) is 5.20. The molecule has 80 valence electrons. The topological polar surface area (TPSA) is 84.2 Å². The lowest BCUT2D eigenvalue weighted by atomic mass is 10.0. The molecule has 1 atom stereocenters. The zero-order valence-electron chi connectivity index (χ0n) is 8.37. The molecule has 0 aliphatic heterocycles. The predicted molar refractivity (Wildman–Crippen MR) is 53.4 cm³/mol. The van der Waals surface area contributed by atoms with Gasteiger partial charge in [-0.1, -0.05) is 13.8 Å². The number of rotatable bonds is 6. The second-order valence-corrected chi connectivity index (χ2v) is 4.90. The Bertz CT molecular complexity index is 226. The maximum Gasteiger partial charge on any atom is 0.276 e. The Morgan fingerprint density at radius 1 is 1.38 bits per heavy atom. The molecular weight excluding hydrogens is 190 g/mol. The van der Waals surface area contributed by atoms with Crippen molar-refractivity contribution in [2.24, 2.45) is 11.7 Å². The van der Waals surface area contributed by atoms with Crippen LogP contribution < -0.4 is 15.2 Å². The fraction of sp³-hybridized carbons (Fsp3) is 1.00. The average molecular weight is 209 g/mol. The standard InChI is InChI=1S/C7H19N3O2S/c1-6(2)7(4-5-8)10-13(11,12)9-3/h6-7,9-10H,4-5,8H2,1-3H3. The van der Waals surface area contributed by atoms with Gasteiger partial charge in [0.2, 0.25) is 0 Å². The second-order valence-electron chi connectivity index (χ2n) is 3.25. The summed E-state index contributed by atoms with van der Waals surface area (Å²) < 4.78 is 27.0. The fourth-order valence-corrected chi connectivity index (χ4v) is 1.87. The van der Waals surface area contributed by atoms with Crippen LogP contribution in [0, 0.1) is 5.92 Å². The van der Waals surface area contributed by atoms with Crippen molar-refractivity contribution < 1.29 is 8.42 Å². The summed E-state index contributed by atoms with van der Waals surface area (Å²) >= 11 is 0. The van der Waals surface area contributed by atoms with E-state index in [-0.39, 0.29) is 12.0 Å². The molecular formula is C7H19N3O2S. The number of hydrogen-bond acceptors (Lipinski definition) is 3. The quantitative estimate of drug-likeness (QED) is 0.547. The van der Waals surface area contributed by atoms with Gasteiger partial charge in [0.25, 0.3) is 10.2 Å². The molecule has 1 unspecified atom stereocenters. The van der Waals surface area contributed by atoms with Gasteiger partial charge in [0.15, 0.2) is 0 Å². The second kappa shape index (κ2) is 5.54. The Kier molecular flexibility index (Phi) is 5.46. The van der Waals surface area contributed by atoms with E-state index in [2.05, 4.69) is 9.44 Å². The summed E-state index contributed by atoms with van der Waals surface area (Å²) in [5.41, 5.74) is 5.37. The monoisotopic (exact) mass is 209 g/mol. The Morgan fingerprint density at radius 2 is 1.92 bits per heavy atom. The first-order valence-electron chi connectivity index (χ1n) is 4.33. The summed E-state index contributed by atoms with van der Waals surface area (Å²) in [6.07, 6.45) is 0.651. The van der Waals surface area contributed by atoms with Crippen molar-refractivity contribution in [1.82, 2.24) is 9.44 Å². The van der Waals surface area contributed by atoms with E-state index in [1.54, 1.807) is 0 Å². The molecule has 0 rings (SSSR count). The van der Waals surface area contributed by atoms with Crippen LogP contribution in [0.2, 0.25) is 0 Å². The summed E-state index contributed by atoms with van der Waals surface area (Å²) in [7, 11) is -1.96. The summed E-state index contributed by atoms with van der Waals surface area (Å²) in [6.45, 7) is 4.39. The van der Waals surface area contributed by atoms with Gasteiger partial charge in [-0.3, -0.25) is 0 Å². The van der Waals surface area contributed by atoms with E-state index >= 15 is 0 Å². The minimum absolute atomic E-state index is 0.0950. The smallest absolute Gasteiger partial charge is 0.276 e. The molecule has 0 saturated heterocycles. The molecule has 13 heavy (non-hydrogen) atoms. The molecule has 0 radical (unpaired) electrons. The van der Waals surface area contributed by atoms with Crippen LogP contribution >= 0.6 is 0 Å². The molecule has 4 N–H and O–H groups in total. The van der Waals surface area contributed by atoms with Crippen molar-refractivity contribution in [2.45, 2.75) is 26.3 Å². The van der Waals surface area contributed by atoms with Gasteiger partial charge in [-0.05, 0) is 18.9 Å². The van der Waals surface area contributed by atoms with Gasteiger partial charge >= 0.3 is 0 Å². The number of nitrogens with one attached hydrogen (secondary N) is 2. The van der Waals surface area contributed by atoms with Crippen molar-refractivity contribution in [1.29, 1.82) is 0 Å². The molecule has 0 heterocycles. The average Bonchev–Trinajstić information content (AvgIpc) is 2.03. The molecule has 0 spiro atoms. The minimum Gasteiger partial charge on any atom is -0.330 e. The van der Waals surface area contributed by atoms with Crippen molar-refractivity contribution in [2.75, 3.05) is 13.6 Å². The van der Waals surface area contributed by atoms with E-state index < -0.39 is 10.2 Å². The van der Waals surface area contributed by atoms with Gasteiger partial charge in [0, 0.05) is 13.1 Å². The summed E-state index contributed by atoms with van der Waals surface area (Å²) in [5, 5.41) is 0. The van der Waals surface area contributed by atoms with E-state index in [9.17, 15) is 8.42 Å². The lowest BCUT2D eigenvalue weighted by Gasteiger charge is -2.20. The minimum atomic E-state index is -3.34. The highest BCUT2D eigenvalue weighted by Gasteiger charge is 2.18. The Balaban J connectivity index is 4.26. The highest BCUT2D eigenvalue weighted by molar-refractivity contribution is 7.87. The summed E-state index contributed by atoms with van der Waals surface area (Å²) in [5.74, 6) is 0.242. The SMILES string of the molecule is CNS(=O)(=O)NC(CCN)C(C)C. The molecule has 0 fully saturated rings. The van der Waals surface area contributed by atoms with Crippen molar-refractivity contribution in [3.63, 3.8) is 0 Å². The first-order chi connectivity index (χ1) is 5.93. The zero-order valence-corrected chi connectivity index (χ0v) is 9.19. The largest absolute Gasteiger partial charge is 0.330 e. The van der Waals surface area contributed by atoms with Crippen LogP contribution in [0.15, 0.2) is 0 Å². The highest BCUT2D eigenvalue weighted by atomic mass is 32.2. The molecule has 6 heteroatoms. The Labute approximate surface area is 80.3 Å². The normalized spacial score (nSPS) is 14.8. The van der Waals surface area contributed by atoms with E-state index in [0.717, 1.165) is 0 Å². The van der Waals surface area contributed by atoms with Crippen LogP contribution in [0.5, 0.6) is 0 Å². The van der Waals surface area contributed by atoms with Crippen LogP contribution in [0.3, 0.4) is 0 Å². The van der Waals surface area contributed by atoms with Crippen molar-refractivity contribution >= 4 is 10.2 Å². The summed E-state index contributed by atoms with van der Waals surface area (Å²) in [6, 6.07) is -0.0950. The van der Waals surface area contributed by atoms with Crippen LogP contribution in [-0.4, -0.2) is 28.1 Å². The summed E-state index contributed by atoms with van der Waals surface area (Å²) in [4.78, 5) is 0. The molecule has 0 bridgehead atoms. The lowest BCUT2D eigenvalue weighted by molar-refractivity contribution is 0.426. The van der Waals surface area contributed by atoms with Crippen molar-refractivity contribution in [3.8, 4) is 0 Å². The van der Waals surface area contributed by atoms with Gasteiger partial charge in [-0.2, -0.15) is 13.1 Å². The third-order valence-corrected chi connectivity index (χ3v) is 3.01. The predicted octanol–water partition coefficient (Wildman–Crippen LogP) is -0.586. The maximum absolute atomic E-state index is 11.1. The first-order valence-corrected chi connectivity index (χ1v) is 5.82. The number of hydrogen-bond donors (Lipinski definition) is 3. The van der Waals surface area contributed by atoms with Gasteiger partial charge in [-0.25, -0.2) is 4.72 Å². The zero-order chi connectivity index (χ0) is 10.5. The first kappa shape index (κ1) is 12.8. The van der Waals surface area contributed by atoms with Gasteiger partial charge in [0.05, 0.1) is 0 Å². The van der Waals surface area contributed by atoms with Crippen LogP contribution in [-0.2, 0) is 10.2 Å². The maximum atomic E-state index is 11.1.